The molecule has 7 heteroatoms. The Morgan fingerprint density at radius 2 is 1.73 bits per heavy atom. The summed E-state index contributed by atoms with van der Waals surface area (Å²) in [4.78, 5) is 2.09. The van der Waals surface area contributed by atoms with Crippen molar-refractivity contribution in [2.24, 2.45) is 5.10 Å². The number of aryl methyl sites for hydroxylation is 1. The van der Waals surface area contributed by atoms with E-state index < -0.39 is 0 Å². The van der Waals surface area contributed by atoms with E-state index >= 15 is 0 Å². The van der Waals surface area contributed by atoms with Crippen LogP contribution < -0.4 is 19.8 Å². The standard InChI is InChI=1S/C19H23N3O4/c1-14-4-6-15(7-5-14)22-11-20-21-19(22)17-9-8-16(25-12-23-2)10-18(17)26-13-24-3/h4-10,20H,11-13H2,1-3H3. The lowest BCUT2D eigenvalue weighted by Crippen LogP contribution is -2.30. The second-order valence-electron chi connectivity index (χ2n) is 5.77. The molecule has 1 N–H and O–H groups in total. The molecule has 0 saturated carbocycles. The van der Waals surface area contributed by atoms with Gasteiger partial charge in [0.2, 0.25) is 0 Å². The van der Waals surface area contributed by atoms with Gasteiger partial charge in [0.05, 0.1) is 5.56 Å². The van der Waals surface area contributed by atoms with Crippen molar-refractivity contribution in [2.45, 2.75) is 6.92 Å². The molecule has 2 aromatic carbocycles. The molecule has 7 nitrogen and oxygen atoms in total. The second-order valence-corrected chi connectivity index (χ2v) is 5.77. The summed E-state index contributed by atoms with van der Waals surface area (Å²) in [6.07, 6.45) is 0. The Morgan fingerprint density at radius 3 is 2.46 bits per heavy atom. The van der Waals surface area contributed by atoms with Gasteiger partial charge in [0, 0.05) is 26.0 Å². The Labute approximate surface area is 153 Å². The van der Waals surface area contributed by atoms with Gasteiger partial charge in [-0.25, -0.2) is 0 Å². The molecule has 0 aromatic heterocycles. The van der Waals surface area contributed by atoms with Crippen molar-refractivity contribution in [3.8, 4) is 11.5 Å². The minimum Gasteiger partial charge on any atom is -0.467 e. The van der Waals surface area contributed by atoms with Crippen LogP contribution in [0.25, 0.3) is 0 Å². The SMILES string of the molecule is COCOc1ccc(C2=NNCN2c2ccc(C)cc2)c(OCOC)c1. The third-order valence-corrected chi connectivity index (χ3v) is 3.88. The number of ether oxygens (including phenoxy) is 4. The van der Waals surface area contributed by atoms with Gasteiger partial charge in [-0.3, -0.25) is 5.43 Å². The quantitative estimate of drug-likeness (QED) is 0.733. The Bertz CT molecular complexity index is 762. The van der Waals surface area contributed by atoms with Crippen molar-refractivity contribution >= 4 is 11.5 Å². The van der Waals surface area contributed by atoms with Gasteiger partial charge < -0.3 is 23.8 Å². The lowest BCUT2D eigenvalue weighted by atomic mass is 10.1. The highest BCUT2D eigenvalue weighted by Crippen LogP contribution is 2.29. The topological polar surface area (TPSA) is 64.6 Å². The van der Waals surface area contributed by atoms with Crippen LogP contribution in [0.15, 0.2) is 47.6 Å². The molecule has 3 rings (SSSR count). The highest BCUT2D eigenvalue weighted by Gasteiger charge is 2.24. The Hall–Kier alpha value is -2.77. The number of amidine groups is 1. The van der Waals surface area contributed by atoms with Crippen LogP contribution in [0.3, 0.4) is 0 Å². The number of hydrogen-bond donors (Lipinski definition) is 1. The summed E-state index contributed by atoms with van der Waals surface area (Å²) >= 11 is 0. The molecule has 0 atom stereocenters. The fourth-order valence-electron chi connectivity index (χ4n) is 2.61. The van der Waals surface area contributed by atoms with Crippen molar-refractivity contribution in [2.75, 3.05) is 39.4 Å². The fourth-order valence-corrected chi connectivity index (χ4v) is 2.61. The zero-order chi connectivity index (χ0) is 18.4. The third-order valence-electron chi connectivity index (χ3n) is 3.88. The lowest BCUT2D eigenvalue weighted by molar-refractivity contribution is 0.0460. The van der Waals surface area contributed by atoms with Crippen LogP contribution in [0.4, 0.5) is 5.69 Å². The fraction of sp³-hybridized carbons (Fsp3) is 0.316. The summed E-state index contributed by atoms with van der Waals surface area (Å²) in [5.41, 5.74) is 6.15. The maximum absolute atomic E-state index is 5.74. The highest BCUT2D eigenvalue weighted by molar-refractivity contribution is 6.12. The Morgan fingerprint density at radius 1 is 1.00 bits per heavy atom. The van der Waals surface area contributed by atoms with Crippen LogP contribution in [0.1, 0.15) is 11.1 Å². The molecule has 0 aliphatic carbocycles. The molecule has 1 aliphatic heterocycles. The maximum atomic E-state index is 5.74. The van der Waals surface area contributed by atoms with Gasteiger partial charge in [0.15, 0.2) is 19.4 Å². The van der Waals surface area contributed by atoms with Gasteiger partial charge in [-0.15, -0.1) is 0 Å². The van der Waals surface area contributed by atoms with Crippen LogP contribution in [-0.2, 0) is 9.47 Å². The van der Waals surface area contributed by atoms with E-state index in [2.05, 4.69) is 46.6 Å². The first-order valence-electron chi connectivity index (χ1n) is 8.25. The van der Waals surface area contributed by atoms with E-state index in [1.807, 2.05) is 18.2 Å². The van der Waals surface area contributed by atoms with E-state index in [1.165, 1.54) is 5.56 Å². The summed E-state index contributed by atoms with van der Waals surface area (Å²) in [6.45, 7) is 2.95. The number of methoxy groups -OCH3 is 2. The summed E-state index contributed by atoms with van der Waals surface area (Å²) < 4.78 is 21.3. The van der Waals surface area contributed by atoms with E-state index in [0.29, 0.717) is 18.2 Å². The van der Waals surface area contributed by atoms with Gasteiger partial charge in [0.25, 0.3) is 0 Å². The minimum atomic E-state index is 0.131. The summed E-state index contributed by atoms with van der Waals surface area (Å²) in [5.74, 6) is 2.05. The molecule has 0 spiro atoms. The van der Waals surface area contributed by atoms with Crippen LogP contribution in [0.5, 0.6) is 11.5 Å². The van der Waals surface area contributed by atoms with Crippen LogP contribution in [0, 0.1) is 6.92 Å². The molecule has 138 valence electrons. The van der Waals surface area contributed by atoms with Crippen molar-refractivity contribution in [1.29, 1.82) is 0 Å². The number of hydrazone groups is 1. The number of benzene rings is 2. The molecule has 26 heavy (non-hydrogen) atoms. The number of nitrogens with zero attached hydrogens (tertiary/aromatic N) is 2. The Balaban J connectivity index is 1.91. The summed E-state index contributed by atoms with van der Waals surface area (Å²) in [6, 6.07) is 13.9. The van der Waals surface area contributed by atoms with Crippen LogP contribution in [-0.4, -0.2) is 40.3 Å². The zero-order valence-corrected chi connectivity index (χ0v) is 15.2. The van der Waals surface area contributed by atoms with Crippen molar-refractivity contribution in [3.05, 3.63) is 53.6 Å². The maximum Gasteiger partial charge on any atom is 0.188 e. The molecule has 0 unspecified atom stereocenters. The first-order chi connectivity index (χ1) is 12.7. The molecular formula is C19H23N3O4. The third kappa shape index (κ3) is 4.07. The van der Waals surface area contributed by atoms with Crippen LogP contribution in [0.2, 0.25) is 0 Å². The van der Waals surface area contributed by atoms with Crippen molar-refractivity contribution in [1.82, 2.24) is 5.43 Å². The van der Waals surface area contributed by atoms with Gasteiger partial charge in [0.1, 0.15) is 18.2 Å². The molecule has 0 amide bonds. The van der Waals surface area contributed by atoms with Crippen molar-refractivity contribution < 1.29 is 18.9 Å². The van der Waals surface area contributed by atoms with E-state index in [1.54, 1.807) is 14.2 Å². The van der Waals surface area contributed by atoms with E-state index in [9.17, 15) is 0 Å². The molecule has 0 fully saturated rings. The molecule has 1 heterocycles. The summed E-state index contributed by atoms with van der Waals surface area (Å²) in [5, 5.41) is 4.45. The lowest BCUT2D eigenvalue weighted by Gasteiger charge is -2.21. The molecule has 0 bridgehead atoms. The van der Waals surface area contributed by atoms with E-state index in [4.69, 9.17) is 18.9 Å². The smallest absolute Gasteiger partial charge is 0.188 e. The second kappa shape index (κ2) is 8.55. The average molecular weight is 357 g/mol. The Kier molecular flexibility index (Phi) is 5.93. The van der Waals surface area contributed by atoms with E-state index in [-0.39, 0.29) is 13.6 Å². The predicted molar refractivity (Wildman–Crippen MR) is 99.6 cm³/mol. The van der Waals surface area contributed by atoms with Crippen LogP contribution >= 0.6 is 0 Å². The largest absolute Gasteiger partial charge is 0.467 e. The normalized spacial score (nSPS) is 13.3. The number of rotatable bonds is 8. The zero-order valence-electron chi connectivity index (χ0n) is 15.2. The molecule has 2 aromatic rings. The average Bonchev–Trinajstić information content (AvgIpc) is 3.14. The van der Waals surface area contributed by atoms with Gasteiger partial charge in [-0.05, 0) is 31.2 Å². The molecular weight excluding hydrogens is 334 g/mol. The molecule has 0 saturated heterocycles. The van der Waals surface area contributed by atoms with Gasteiger partial charge in [-0.1, -0.05) is 17.7 Å². The molecule has 0 radical (unpaired) electrons. The number of anilines is 1. The monoisotopic (exact) mass is 357 g/mol. The minimum absolute atomic E-state index is 0.131. The van der Waals surface area contributed by atoms with Gasteiger partial charge >= 0.3 is 0 Å². The van der Waals surface area contributed by atoms with E-state index in [0.717, 1.165) is 17.1 Å². The molecule has 1 aliphatic rings. The first-order valence-corrected chi connectivity index (χ1v) is 8.25. The van der Waals surface area contributed by atoms with Gasteiger partial charge in [-0.2, -0.15) is 5.10 Å². The number of hydrogen-bond acceptors (Lipinski definition) is 7. The summed E-state index contributed by atoms with van der Waals surface area (Å²) in [7, 11) is 3.16. The number of nitrogens with one attached hydrogen (secondary N) is 1. The highest BCUT2D eigenvalue weighted by atomic mass is 16.7. The first kappa shape index (κ1) is 18.0. The van der Waals surface area contributed by atoms with Crippen molar-refractivity contribution in [3.63, 3.8) is 0 Å². The predicted octanol–water partition coefficient (Wildman–Crippen LogP) is 2.69.